The molecule has 17 heteroatoms. The van der Waals surface area contributed by atoms with E-state index in [0.29, 0.717) is 16.7 Å². The minimum absolute atomic E-state index is 0.0938. The Kier molecular flexibility index (Phi) is 7.71. The van der Waals surface area contributed by atoms with Gasteiger partial charge in [-0.25, -0.2) is 41.7 Å². The van der Waals surface area contributed by atoms with Gasteiger partial charge in [0, 0.05) is 31.9 Å². The van der Waals surface area contributed by atoms with E-state index < -0.39 is 72.7 Å². The number of benzene rings is 1. The average molecular weight is 636 g/mol. The van der Waals surface area contributed by atoms with E-state index in [4.69, 9.17) is 5.14 Å². The summed E-state index contributed by atoms with van der Waals surface area (Å²) in [5, 5.41) is 4.27. The SMILES string of the molecule is C=CC(=O)N1CCN(c2nc(=O)n(-c3cccnc3S(N)(=O)=O)c3nc(-c4c(F)cccc4C(F)(F)F)c(F)cc23)[C@@H](C)C1. The number of anilines is 1. The van der Waals surface area contributed by atoms with Gasteiger partial charge < -0.3 is 9.80 Å². The zero-order chi connectivity index (χ0) is 32.1. The molecule has 1 fully saturated rings. The number of nitrogens with two attached hydrogens (primary N) is 1. The summed E-state index contributed by atoms with van der Waals surface area (Å²) in [4.78, 5) is 40.6. The quantitative estimate of drug-likeness (QED) is 0.260. The maximum atomic E-state index is 15.8. The number of rotatable bonds is 5. The van der Waals surface area contributed by atoms with Crippen LogP contribution in [0.15, 0.2) is 65.1 Å². The molecule has 5 rings (SSSR count). The summed E-state index contributed by atoms with van der Waals surface area (Å²) in [6, 6.07) is 4.62. The van der Waals surface area contributed by atoms with E-state index in [1.165, 1.54) is 11.0 Å². The van der Waals surface area contributed by atoms with Gasteiger partial charge in [-0.1, -0.05) is 12.6 Å². The molecule has 0 spiro atoms. The monoisotopic (exact) mass is 635 g/mol. The maximum Gasteiger partial charge on any atom is 0.417 e. The van der Waals surface area contributed by atoms with Crippen LogP contribution in [-0.2, 0) is 21.0 Å². The van der Waals surface area contributed by atoms with E-state index >= 15 is 4.39 Å². The predicted molar refractivity (Wildman–Crippen MR) is 148 cm³/mol. The summed E-state index contributed by atoms with van der Waals surface area (Å²) < 4.78 is 97.8. The van der Waals surface area contributed by atoms with Crippen LogP contribution in [0.4, 0.5) is 27.8 Å². The van der Waals surface area contributed by atoms with Gasteiger partial charge in [0.2, 0.25) is 5.91 Å². The number of aromatic nitrogens is 4. The Morgan fingerprint density at radius 3 is 2.48 bits per heavy atom. The highest BCUT2D eigenvalue weighted by molar-refractivity contribution is 7.89. The van der Waals surface area contributed by atoms with Crippen LogP contribution >= 0.6 is 0 Å². The van der Waals surface area contributed by atoms with Gasteiger partial charge in [-0.05, 0) is 43.3 Å². The average Bonchev–Trinajstić information content (AvgIpc) is 2.95. The number of alkyl halides is 3. The number of carbonyl (C=O) groups is 1. The van der Waals surface area contributed by atoms with Crippen molar-refractivity contribution in [1.29, 1.82) is 0 Å². The molecular weight excluding hydrogens is 613 g/mol. The van der Waals surface area contributed by atoms with Crippen molar-refractivity contribution in [3.8, 4) is 16.9 Å². The predicted octanol–water partition coefficient (Wildman–Crippen LogP) is 3.01. The minimum atomic E-state index is -5.12. The number of carbonyl (C=O) groups excluding carboxylic acids is 1. The number of hydrogen-bond acceptors (Lipinski definition) is 8. The molecule has 1 saturated heterocycles. The molecule has 0 bridgehead atoms. The summed E-state index contributed by atoms with van der Waals surface area (Å²) in [6.45, 7) is 5.54. The number of sulfonamides is 1. The van der Waals surface area contributed by atoms with Gasteiger partial charge in [0.1, 0.15) is 17.3 Å². The van der Waals surface area contributed by atoms with Crippen LogP contribution in [0.3, 0.4) is 0 Å². The zero-order valence-corrected chi connectivity index (χ0v) is 23.5. The smallest absolute Gasteiger partial charge is 0.350 e. The molecule has 4 heterocycles. The van der Waals surface area contributed by atoms with Crippen molar-refractivity contribution in [2.45, 2.75) is 24.2 Å². The highest BCUT2D eigenvalue weighted by Gasteiger charge is 2.37. The third-order valence-corrected chi connectivity index (χ3v) is 7.86. The van der Waals surface area contributed by atoms with Gasteiger partial charge in [0.05, 0.1) is 22.2 Å². The lowest BCUT2D eigenvalue weighted by molar-refractivity contribution is -0.137. The lowest BCUT2D eigenvalue weighted by atomic mass is 10.0. The van der Waals surface area contributed by atoms with Gasteiger partial charge >= 0.3 is 11.9 Å². The van der Waals surface area contributed by atoms with Gasteiger partial charge in [-0.3, -0.25) is 4.79 Å². The van der Waals surface area contributed by atoms with E-state index in [9.17, 15) is 35.6 Å². The number of primary sulfonamides is 1. The molecule has 1 atom stereocenters. The fraction of sp³-hybridized carbons (Fsp3) is 0.222. The Labute approximate surface area is 246 Å². The number of nitrogens with zero attached hydrogens (tertiary/aromatic N) is 6. The first kappa shape index (κ1) is 30.7. The van der Waals surface area contributed by atoms with Gasteiger partial charge in [-0.15, -0.1) is 0 Å². The Bertz CT molecular complexity index is 2000. The van der Waals surface area contributed by atoms with Crippen LogP contribution in [0.2, 0.25) is 0 Å². The van der Waals surface area contributed by atoms with Crippen molar-refractivity contribution >= 4 is 32.8 Å². The number of hydrogen-bond donors (Lipinski definition) is 1. The summed E-state index contributed by atoms with van der Waals surface area (Å²) in [5.74, 6) is -3.33. The third-order valence-electron chi connectivity index (χ3n) is 7.00. The van der Waals surface area contributed by atoms with Crippen LogP contribution in [-0.4, -0.2) is 64.4 Å². The van der Waals surface area contributed by atoms with Gasteiger partial charge in [-0.2, -0.15) is 18.2 Å². The molecule has 1 aliphatic rings. The summed E-state index contributed by atoms with van der Waals surface area (Å²) >= 11 is 0. The normalized spacial score (nSPS) is 15.9. The van der Waals surface area contributed by atoms with E-state index in [-0.39, 0.29) is 36.7 Å². The van der Waals surface area contributed by atoms with Crippen molar-refractivity contribution in [3.05, 3.63) is 82.9 Å². The van der Waals surface area contributed by atoms with Crippen LogP contribution < -0.4 is 15.7 Å². The van der Waals surface area contributed by atoms with Crippen molar-refractivity contribution in [3.63, 3.8) is 0 Å². The molecule has 11 nitrogen and oxygen atoms in total. The Balaban J connectivity index is 1.86. The first-order valence-corrected chi connectivity index (χ1v) is 14.3. The molecule has 44 heavy (non-hydrogen) atoms. The number of pyridine rings is 2. The molecular formula is C27H22F5N7O4S. The molecule has 1 aliphatic heterocycles. The van der Waals surface area contributed by atoms with Crippen molar-refractivity contribution in [2.24, 2.45) is 5.14 Å². The largest absolute Gasteiger partial charge is 0.417 e. The number of fused-ring (bicyclic) bond motifs is 1. The Morgan fingerprint density at radius 1 is 1.11 bits per heavy atom. The first-order chi connectivity index (χ1) is 20.6. The topological polar surface area (TPSA) is 144 Å². The van der Waals surface area contributed by atoms with Crippen LogP contribution in [0.25, 0.3) is 28.0 Å². The Hall–Kier alpha value is -4.77. The second-order valence-corrected chi connectivity index (χ2v) is 11.3. The zero-order valence-electron chi connectivity index (χ0n) is 22.7. The van der Waals surface area contributed by atoms with Crippen molar-refractivity contribution in [2.75, 3.05) is 24.5 Å². The molecule has 1 amide bonds. The molecule has 0 radical (unpaired) electrons. The molecule has 1 aromatic carbocycles. The van der Waals surface area contributed by atoms with Crippen LogP contribution in [0.5, 0.6) is 0 Å². The molecule has 0 unspecified atom stereocenters. The number of halogens is 5. The van der Waals surface area contributed by atoms with Gasteiger partial charge in [0.15, 0.2) is 16.5 Å². The highest BCUT2D eigenvalue weighted by Crippen LogP contribution is 2.40. The molecule has 0 aliphatic carbocycles. The lowest BCUT2D eigenvalue weighted by Gasteiger charge is -2.40. The van der Waals surface area contributed by atoms with E-state index in [0.717, 1.165) is 30.5 Å². The second kappa shape index (κ2) is 11.1. The van der Waals surface area contributed by atoms with Crippen molar-refractivity contribution < 1.29 is 35.2 Å². The van der Waals surface area contributed by atoms with E-state index in [1.54, 1.807) is 11.8 Å². The van der Waals surface area contributed by atoms with E-state index in [1.807, 2.05) is 0 Å². The maximum absolute atomic E-state index is 15.8. The molecule has 4 aromatic rings. The van der Waals surface area contributed by atoms with Crippen LogP contribution in [0, 0.1) is 11.6 Å². The lowest BCUT2D eigenvalue weighted by Crippen LogP contribution is -2.54. The highest BCUT2D eigenvalue weighted by atomic mass is 32.2. The molecule has 230 valence electrons. The van der Waals surface area contributed by atoms with Crippen LogP contribution in [0.1, 0.15) is 12.5 Å². The van der Waals surface area contributed by atoms with Gasteiger partial charge in [0.25, 0.3) is 10.0 Å². The van der Waals surface area contributed by atoms with Crippen molar-refractivity contribution in [1.82, 2.24) is 24.4 Å². The summed E-state index contributed by atoms with van der Waals surface area (Å²) in [7, 11) is -4.59. The fourth-order valence-corrected chi connectivity index (χ4v) is 5.75. The molecule has 3 aromatic heterocycles. The second-order valence-electron chi connectivity index (χ2n) is 9.81. The summed E-state index contributed by atoms with van der Waals surface area (Å²) in [6.07, 6.45) is -2.92. The Morgan fingerprint density at radius 2 is 1.84 bits per heavy atom. The molecule has 2 N–H and O–H groups in total. The third kappa shape index (κ3) is 5.39. The number of amides is 1. The minimum Gasteiger partial charge on any atom is -0.350 e. The standard InChI is InChI=1S/C27H22F5N7O4S/c1-3-20(40)37-10-11-38(14(2)13-37)23-15-12-18(29)22(21-16(27(30,31)32)6-4-7-17(21)28)35-24(15)39(26(41)36-23)19-8-5-9-34-25(19)44(33,42)43/h3-9,12,14H,1,10-11,13H2,2H3,(H2,33,42,43)/t14-/m0/s1. The summed E-state index contributed by atoms with van der Waals surface area (Å²) in [5.41, 5.74) is -6.05. The first-order valence-electron chi connectivity index (χ1n) is 12.8. The van der Waals surface area contributed by atoms with E-state index in [2.05, 4.69) is 21.5 Å². The molecule has 0 saturated carbocycles. The number of piperazine rings is 1. The fourth-order valence-electron chi connectivity index (χ4n) is 5.09.